The van der Waals surface area contributed by atoms with Crippen molar-refractivity contribution in [2.75, 3.05) is 0 Å². The summed E-state index contributed by atoms with van der Waals surface area (Å²) in [6.45, 7) is 8.39. The van der Waals surface area contributed by atoms with Gasteiger partial charge in [-0.15, -0.1) is 11.8 Å². The molecule has 4 heteroatoms. The van der Waals surface area contributed by atoms with Gasteiger partial charge in [-0.3, -0.25) is 10.1 Å². The molecule has 2 N–H and O–H groups in total. The quantitative estimate of drug-likeness (QED) is 0.892. The highest BCUT2D eigenvalue weighted by molar-refractivity contribution is 8.01. The van der Waals surface area contributed by atoms with Crippen molar-refractivity contribution >= 4 is 17.7 Å². The van der Waals surface area contributed by atoms with Crippen LogP contribution in [-0.4, -0.2) is 21.9 Å². The van der Waals surface area contributed by atoms with E-state index in [1.807, 2.05) is 13.8 Å². The van der Waals surface area contributed by atoms with E-state index in [0.717, 1.165) is 12.0 Å². The number of carboxylic acids is 1. The highest BCUT2D eigenvalue weighted by Crippen LogP contribution is 2.45. The molecule has 1 aliphatic rings. The van der Waals surface area contributed by atoms with E-state index in [0.29, 0.717) is 5.92 Å². The van der Waals surface area contributed by atoms with Crippen molar-refractivity contribution in [1.82, 2.24) is 5.32 Å². The van der Waals surface area contributed by atoms with E-state index in [2.05, 4.69) is 43.4 Å². The lowest BCUT2D eigenvalue weighted by Gasteiger charge is -2.20. The van der Waals surface area contributed by atoms with Crippen LogP contribution in [0.15, 0.2) is 24.3 Å². The average molecular weight is 293 g/mol. The Bertz CT molecular complexity index is 482. The van der Waals surface area contributed by atoms with Crippen LogP contribution in [0, 0.1) is 5.92 Å². The summed E-state index contributed by atoms with van der Waals surface area (Å²) >= 11 is 1.69. The molecule has 1 aliphatic heterocycles. The molecular weight excluding hydrogens is 270 g/mol. The number of rotatable bonds is 4. The second-order valence-corrected chi connectivity index (χ2v) is 8.14. The molecule has 3 nitrogen and oxygen atoms in total. The summed E-state index contributed by atoms with van der Waals surface area (Å²) in [7, 11) is 0. The lowest BCUT2D eigenvalue weighted by atomic mass is 10.0. The Labute approximate surface area is 125 Å². The average Bonchev–Trinajstić information content (AvgIpc) is 2.65. The van der Waals surface area contributed by atoms with Gasteiger partial charge in [0, 0.05) is 4.75 Å². The van der Waals surface area contributed by atoms with Gasteiger partial charge in [0.2, 0.25) is 0 Å². The molecule has 1 heterocycles. The van der Waals surface area contributed by atoms with Gasteiger partial charge in [-0.1, -0.05) is 38.1 Å². The molecule has 110 valence electrons. The molecule has 2 rings (SSSR count). The van der Waals surface area contributed by atoms with E-state index >= 15 is 0 Å². The molecule has 0 bridgehead atoms. The van der Waals surface area contributed by atoms with Gasteiger partial charge in [-0.25, -0.2) is 0 Å². The Kier molecular flexibility index (Phi) is 4.45. The van der Waals surface area contributed by atoms with Crippen LogP contribution in [0.4, 0.5) is 0 Å². The number of hydrogen-bond acceptors (Lipinski definition) is 3. The van der Waals surface area contributed by atoms with E-state index in [1.54, 1.807) is 11.8 Å². The molecule has 0 aliphatic carbocycles. The topological polar surface area (TPSA) is 49.3 Å². The summed E-state index contributed by atoms with van der Waals surface area (Å²) in [6, 6.07) is 8.02. The van der Waals surface area contributed by atoms with Crippen LogP contribution >= 0.6 is 11.8 Å². The molecule has 0 radical (unpaired) electrons. The number of thioether (sulfide) groups is 1. The van der Waals surface area contributed by atoms with E-state index in [9.17, 15) is 9.90 Å². The molecule has 2 atom stereocenters. The monoisotopic (exact) mass is 293 g/mol. The Hall–Kier alpha value is -1.00. The predicted molar refractivity (Wildman–Crippen MR) is 84.0 cm³/mol. The second-order valence-electron chi connectivity index (χ2n) is 6.38. The third-order valence-corrected chi connectivity index (χ3v) is 5.10. The normalized spacial score (nSPS) is 25.1. The van der Waals surface area contributed by atoms with E-state index in [-0.39, 0.29) is 10.1 Å². The summed E-state index contributed by atoms with van der Waals surface area (Å²) in [5.41, 5.74) is 2.49. The Morgan fingerprint density at radius 3 is 2.40 bits per heavy atom. The van der Waals surface area contributed by atoms with Gasteiger partial charge in [-0.2, -0.15) is 0 Å². The number of benzene rings is 1. The van der Waals surface area contributed by atoms with Crippen molar-refractivity contribution in [3.05, 3.63) is 35.4 Å². The fourth-order valence-corrected chi connectivity index (χ4v) is 4.00. The number of aliphatic carboxylic acids is 1. The molecule has 1 aromatic carbocycles. The number of carbonyl (C=O) groups is 1. The van der Waals surface area contributed by atoms with Crippen LogP contribution in [0.5, 0.6) is 0 Å². The van der Waals surface area contributed by atoms with Crippen LogP contribution < -0.4 is 5.32 Å². The first kappa shape index (κ1) is 15.4. The molecule has 1 aromatic rings. The van der Waals surface area contributed by atoms with Gasteiger partial charge >= 0.3 is 5.97 Å². The van der Waals surface area contributed by atoms with Crippen molar-refractivity contribution < 1.29 is 9.90 Å². The maximum Gasteiger partial charge on any atom is 0.322 e. The predicted octanol–water partition coefficient (Wildman–Crippen LogP) is 3.45. The van der Waals surface area contributed by atoms with Gasteiger partial charge in [0.25, 0.3) is 0 Å². The summed E-state index contributed by atoms with van der Waals surface area (Å²) < 4.78 is -0.299. The first-order valence-corrected chi connectivity index (χ1v) is 7.93. The van der Waals surface area contributed by atoms with Crippen molar-refractivity contribution in [1.29, 1.82) is 0 Å². The lowest BCUT2D eigenvalue weighted by molar-refractivity contribution is -0.139. The Balaban J connectivity index is 2.11. The zero-order chi connectivity index (χ0) is 14.9. The van der Waals surface area contributed by atoms with Crippen molar-refractivity contribution in [2.45, 2.75) is 50.3 Å². The number of carboxylic acid groups (broad SMARTS) is 1. The van der Waals surface area contributed by atoms with E-state index < -0.39 is 12.0 Å². The molecule has 0 spiro atoms. The van der Waals surface area contributed by atoms with Crippen LogP contribution in [0.25, 0.3) is 0 Å². The summed E-state index contributed by atoms with van der Waals surface area (Å²) in [5.74, 6) is -0.128. The van der Waals surface area contributed by atoms with Crippen LogP contribution in [0.2, 0.25) is 0 Å². The fourth-order valence-electron chi connectivity index (χ4n) is 2.59. The van der Waals surface area contributed by atoms with E-state index in [1.165, 1.54) is 5.56 Å². The first-order chi connectivity index (χ1) is 9.29. The number of nitrogens with one attached hydrogen (secondary N) is 1. The molecule has 0 amide bonds. The van der Waals surface area contributed by atoms with Crippen LogP contribution in [-0.2, 0) is 11.2 Å². The third kappa shape index (κ3) is 3.36. The largest absolute Gasteiger partial charge is 0.480 e. The minimum atomic E-state index is -0.776. The zero-order valence-electron chi connectivity index (χ0n) is 12.5. The van der Waals surface area contributed by atoms with E-state index in [4.69, 9.17) is 0 Å². The Morgan fingerprint density at radius 1 is 1.35 bits per heavy atom. The molecule has 20 heavy (non-hydrogen) atoms. The molecule has 1 fully saturated rings. The van der Waals surface area contributed by atoms with Crippen LogP contribution in [0.3, 0.4) is 0 Å². The SMILES string of the molecule is CC(C)Cc1ccc([C@H]2N[C@H](C(=O)O)C(C)(C)S2)cc1. The highest BCUT2D eigenvalue weighted by atomic mass is 32.2. The molecule has 0 unspecified atom stereocenters. The summed E-state index contributed by atoms with van der Waals surface area (Å²) in [6.07, 6.45) is 1.08. The second kappa shape index (κ2) is 5.78. The number of hydrogen-bond donors (Lipinski definition) is 2. The van der Waals surface area contributed by atoms with Crippen LogP contribution in [0.1, 0.15) is 44.2 Å². The maximum atomic E-state index is 11.3. The molecular formula is C16H23NO2S. The minimum Gasteiger partial charge on any atom is -0.480 e. The summed E-state index contributed by atoms with van der Waals surface area (Å²) in [5, 5.41) is 12.6. The highest BCUT2D eigenvalue weighted by Gasteiger charge is 2.45. The fraction of sp³-hybridized carbons (Fsp3) is 0.562. The third-order valence-electron chi connectivity index (χ3n) is 3.61. The van der Waals surface area contributed by atoms with Crippen molar-refractivity contribution in [2.24, 2.45) is 5.92 Å². The lowest BCUT2D eigenvalue weighted by Crippen LogP contribution is -2.43. The van der Waals surface area contributed by atoms with Gasteiger partial charge in [0.05, 0.1) is 5.37 Å². The molecule has 1 saturated heterocycles. The van der Waals surface area contributed by atoms with Crippen molar-refractivity contribution in [3.63, 3.8) is 0 Å². The summed E-state index contributed by atoms with van der Waals surface area (Å²) in [4.78, 5) is 11.3. The molecule has 0 aromatic heterocycles. The first-order valence-electron chi connectivity index (χ1n) is 7.05. The standard InChI is InChI=1S/C16H23NO2S/c1-10(2)9-11-5-7-12(8-6-11)14-17-13(15(18)19)16(3,4)20-14/h5-8,10,13-14,17H,9H2,1-4H3,(H,18,19)/t13-,14+/m1/s1. The Morgan fingerprint density at radius 2 is 1.95 bits per heavy atom. The molecule has 0 saturated carbocycles. The van der Waals surface area contributed by atoms with Gasteiger partial charge in [0.15, 0.2) is 0 Å². The smallest absolute Gasteiger partial charge is 0.322 e. The van der Waals surface area contributed by atoms with Gasteiger partial charge in [0.1, 0.15) is 6.04 Å². The van der Waals surface area contributed by atoms with Gasteiger partial charge < -0.3 is 5.11 Å². The zero-order valence-corrected chi connectivity index (χ0v) is 13.3. The van der Waals surface area contributed by atoms with Gasteiger partial charge in [-0.05, 0) is 37.3 Å². The minimum absolute atomic E-state index is 0.0548. The van der Waals surface area contributed by atoms with Crippen molar-refractivity contribution in [3.8, 4) is 0 Å². The maximum absolute atomic E-state index is 11.3.